The summed E-state index contributed by atoms with van der Waals surface area (Å²) in [5.41, 5.74) is 4.15. The van der Waals surface area contributed by atoms with E-state index in [0.29, 0.717) is 12.1 Å². The number of carboxylic acid groups (broad SMARTS) is 1. The van der Waals surface area contributed by atoms with Crippen molar-refractivity contribution in [3.05, 3.63) is 52.6 Å². The quantitative estimate of drug-likeness (QED) is 0.902. The van der Waals surface area contributed by atoms with Crippen LogP contribution in [0.25, 0.3) is 0 Å². The molecule has 0 saturated carbocycles. The maximum atomic E-state index is 11.1. The Hall–Kier alpha value is -2.10. The molecule has 94 valence electrons. The van der Waals surface area contributed by atoms with Crippen LogP contribution < -0.4 is 0 Å². The predicted molar refractivity (Wildman–Crippen MR) is 68.9 cm³/mol. The van der Waals surface area contributed by atoms with E-state index >= 15 is 0 Å². The van der Waals surface area contributed by atoms with Crippen LogP contribution in [-0.2, 0) is 6.54 Å². The van der Waals surface area contributed by atoms with Crippen molar-refractivity contribution in [1.29, 1.82) is 0 Å². The van der Waals surface area contributed by atoms with Gasteiger partial charge in [-0.25, -0.2) is 4.79 Å². The molecule has 1 N–H and O–H groups in total. The molecular formula is C14H16N2O2. The summed E-state index contributed by atoms with van der Waals surface area (Å²) >= 11 is 0. The summed E-state index contributed by atoms with van der Waals surface area (Å²) in [6.45, 7) is 6.36. The molecule has 2 rings (SSSR count). The molecule has 2 aromatic rings. The lowest BCUT2D eigenvalue weighted by Gasteiger charge is -2.10. The van der Waals surface area contributed by atoms with E-state index in [0.717, 1.165) is 22.6 Å². The van der Waals surface area contributed by atoms with Crippen molar-refractivity contribution in [2.75, 3.05) is 0 Å². The van der Waals surface area contributed by atoms with Gasteiger partial charge in [0.05, 0.1) is 17.8 Å². The van der Waals surface area contributed by atoms with Crippen LogP contribution >= 0.6 is 0 Å². The molecular weight excluding hydrogens is 228 g/mol. The molecule has 18 heavy (non-hydrogen) atoms. The summed E-state index contributed by atoms with van der Waals surface area (Å²) in [5, 5.41) is 9.10. The molecule has 0 aliphatic rings. The third-order valence-corrected chi connectivity index (χ3v) is 3.23. The Labute approximate surface area is 106 Å². The number of nitrogens with zero attached hydrogens (tertiary/aromatic N) is 2. The third kappa shape index (κ3) is 2.14. The van der Waals surface area contributed by atoms with E-state index in [-0.39, 0.29) is 0 Å². The number of aromatic carboxylic acids is 1. The lowest BCUT2D eigenvalue weighted by Crippen LogP contribution is -2.08. The Morgan fingerprint density at radius 1 is 1.39 bits per heavy atom. The van der Waals surface area contributed by atoms with Crippen molar-refractivity contribution < 1.29 is 9.90 Å². The van der Waals surface area contributed by atoms with Gasteiger partial charge < -0.3 is 9.67 Å². The second kappa shape index (κ2) is 4.64. The van der Waals surface area contributed by atoms with Gasteiger partial charge in [0.2, 0.25) is 0 Å². The number of hydrogen-bond donors (Lipinski definition) is 1. The Kier molecular flexibility index (Phi) is 3.19. The van der Waals surface area contributed by atoms with Crippen molar-refractivity contribution in [2.24, 2.45) is 0 Å². The molecule has 0 bridgehead atoms. The molecule has 4 heteroatoms. The highest BCUT2D eigenvalue weighted by Crippen LogP contribution is 2.17. The largest absolute Gasteiger partial charge is 0.478 e. The van der Waals surface area contributed by atoms with Gasteiger partial charge in [-0.15, -0.1) is 0 Å². The average Bonchev–Trinajstić information content (AvgIpc) is 2.60. The average molecular weight is 244 g/mol. The van der Waals surface area contributed by atoms with Crippen molar-refractivity contribution in [3.8, 4) is 0 Å². The van der Waals surface area contributed by atoms with Crippen LogP contribution in [0.15, 0.2) is 24.4 Å². The molecule has 0 unspecified atom stereocenters. The zero-order valence-corrected chi connectivity index (χ0v) is 10.8. The van der Waals surface area contributed by atoms with Crippen molar-refractivity contribution in [3.63, 3.8) is 0 Å². The first-order valence-electron chi connectivity index (χ1n) is 5.81. The number of aryl methyl sites for hydroxylation is 2. The van der Waals surface area contributed by atoms with Gasteiger partial charge in [-0.05, 0) is 38.5 Å². The zero-order chi connectivity index (χ0) is 13.3. The SMILES string of the molecule is Cc1cccnc1Cn1c(C)cc(C(=O)O)c1C. The fourth-order valence-corrected chi connectivity index (χ4v) is 2.09. The van der Waals surface area contributed by atoms with Crippen LogP contribution in [0.5, 0.6) is 0 Å². The summed E-state index contributed by atoms with van der Waals surface area (Å²) in [6.07, 6.45) is 1.76. The van der Waals surface area contributed by atoms with Gasteiger partial charge in [0.1, 0.15) is 0 Å². The number of hydrogen-bond acceptors (Lipinski definition) is 2. The van der Waals surface area contributed by atoms with E-state index in [1.165, 1.54) is 0 Å². The Morgan fingerprint density at radius 3 is 2.67 bits per heavy atom. The monoisotopic (exact) mass is 244 g/mol. The molecule has 0 amide bonds. The van der Waals surface area contributed by atoms with Crippen LogP contribution in [0.4, 0.5) is 0 Å². The fraction of sp³-hybridized carbons (Fsp3) is 0.286. The Morgan fingerprint density at radius 2 is 2.11 bits per heavy atom. The molecule has 0 radical (unpaired) electrons. The Bertz CT molecular complexity index is 600. The fourth-order valence-electron chi connectivity index (χ4n) is 2.09. The highest BCUT2D eigenvalue weighted by Gasteiger charge is 2.15. The molecule has 0 aromatic carbocycles. The minimum atomic E-state index is -0.882. The van der Waals surface area contributed by atoms with Crippen LogP contribution in [0.3, 0.4) is 0 Å². The molecule has 0 saturated heterocycles. The first-order valence-corrected chi connectivity index (χ1v) is 5.81. The highest BCUT2D eigenvalue weighted by atomic mass is 16.4. The highest BCUT2D eigenvalue weighted by molar-refractivity contribution is 5.89. The number of pyridine rings is 1. The van der Waals surface area contributed by atoms with E-state index in [1.54, 1.807) is 12.3 Å². The summed E-state index contributed by atoms with van der Waals surface area (Å²) < 4.78 is 1.98. The second-order valence-corrected chi connectivity index (χ2v) is 4.44. The lowest BCUT2D eigenvalue weighted by molar-refractivity contribution is 0.0696. The number of rotatable bonds is 3. The number of aromatic nitrogens is 2. The van der Waals surface area contributed by atoms with E-state index in [4.69, 9.17) is 5.11 Å². The van der Waals surface area contributed by atoms with E-state index in [2.05, 4.69) is 4.98 Å². The summed E-state index contributed by atoms with van der Waals surface area (Å²) in [4.78, 5) is 15.4. The first-order chi connectivity index (χ1) is 8.50. The van der Waals surface area contributed by atoms with Gasteiger partial charge in [0.25, 0.3) is 0 Å². The molecule has 0 aliphatic carbocycles. The third-order valence-electron chi connectivity index (χ3n) is 3.23. The van der Waals surface area contributed by atoms with Crippen molar-refractivity contribution >= 4 is 5.97 Å². The van der Waals surface area contributed by atoms with Gasteiger partial charge in [0, 0.05) is 17.6 Å². The molecule has 0 fully saturated rings. The minimum absolute atomic E-state index is 0.362. The van der Waals surface area contributed by atoms with Gasteiger partial charge >= 0.3 is 5.97 Å². The lowest BCUT2D eigenvalue weighted by atomic mass is 10.2. The van der Waals surface area contributed by atoms with Gasteiger partial charge in [-0.3, -0.25) is 4.98 Å². The maximum absolute atomic E-state index is 11.1. The molecule has 0 aliphatic heterocycles. The Balaban J connectivity index is 2.41. The zero-order valence-electron chi connectivity index (χ0n) is 10.8. The standard InChI is InChI=1S/C14H16N2O2/c1-9-5-4-6-15-13(9)8-16-10(2)7-12(11(16)3)14(17)18/h4-7H,8H2,1-3H3,(H,17,18). The number of carbonyl (C=O) groups is 1. The summed E-state index contributed by atoms with van der Waals surface area (Å²) in [5.74, 6) is -0.882. The van der Waals surface area contributed by atoms with E-state index in [1.807, 2.05) is 37.5 Å². The second-order valence-electron chi connectivity index (χ2n) is 4.44. The van der Waals surface area contributed by atoms with E-state index in [9.17, 15) is 4.79 Å². The molecule has 0 spiro atoms. The molecule has 2 heterocycles. The smallest absolute Gasteiger partial charge is 0.337 e. The summed E-state index contributed by atoms with van der Waals surface area (Å²) in [7, 11) is 0. The minimum Gasteiger partial charge on any atom is -0.478 e. The molecule has 4 nitrogen and oxygen atoms in total. The topological polar surface area (TPSA) is 55.1 Å². The van der Waals surface area contributed by atoms with Crippen molar-refractivity contribution in [2.45, 2.75) is 27.3 Å². The van der Waals surface area contributed by atoms with Crippen molar-refractivity contribution in [1.82, 2.24) is 9.55 Å². The van der Waals surface area contributed by atoms with Gasteiger partial charge in [-0.2, -0.15) is 0 Å². The molecule has 2 aromatic heterocycles. The van der Waals surface area contributed by atoms with Gasteiger partial charge in [-0.1, -0.05) is 6.07 Å². The maximum Gasteiger partial charge on any atom is 0.337 e. The van der Waals surface area contributed by atoms with Crippen LogP contribution in [0.2, 0.25) is 0 Å². The van der Waals surface area contributed by atoms with Gasteiger partial charge in [0.15, 0.2) is 0 Å². The summed E-state index contributed by atoms with van der Waals surface area (Å²) in [6, 6.07) is 5.61. The van der Waals surface area contributed by atoms with Crippen LogP contribution in [-0.4, -0.2) is 20.6 Å². The van der Waals surface area contributed by atoms with E-state index < -0.39 is 5.97 Å². The molecule has 0 atom stereocenters. The predicted octanol–water partition coefficient (Wildman–Crippen LogP) is 2.55. The number of carboxylic acids is 1. The van der Waals surface area contributed by atoms with Crippen LogP contribution in [0, 0.1) is 20.8 Å². The normalized spacial score (nSPS) is 10.6. The van der Waals surface area contributed by atoms with Crippen LogP contribution in [0.1, 0.15) is 33.0 Å². The first kappa shape index (κ1) is 12.4.